The van der Waals surface area contributed by atoms with Crippen molar-refractivity contribution in [3.05, 3.63) is 17.3 Å². The number of aromatic nitrogens is 1. The van der Waals surface area contributed by atoms with Crippen molar-refractivity contribution in [2.45, 2.75) is 32.2 Å². The fourth-order valence-corrected chi connectivity index (χ4v) is 1.57. The van der Waals surface area contributed by atoms with E-state index in [4.69, 9.17) is 10.2 Å². The van der Waals surface area contributed by atoms with E-state index < -0.39 is 0 Å². The van der Waals surface area contributed by atoms with Crippen LogP contribution in [0.25, 0.3) is 0 Å². The van der Waals surface area contributed by atoms with Crippen LogP contribution in [0.2, 0.25) is 0 Å². The lowest BCUT2D eigenvalue weighted by Crippen LogP contribution is -2.16. The Morgan fingerprint density at radius 1 is 1.64 bits per heavy atom. The van der Waals surface area contributed by atoms with Crippen molar-refractivity contribution in [2.24, 2.45) is 5.73 Å². The van der Waals surface area contributed by atoms with E-state index in [0.717, 1.165) is 36.6 Å². The number of hydrogen-bond donors (Lipinski definition) is 1. The Morgan fingerprint density at radius 3 is 3.18 bits per heavy atom. The lowest BCUT2D eigenvalue weighted by molar-refractivity contribution is 0.438. The van der Waals surface area contributed by atoms with Crippen molar-refractivity contribution in [2.75, 3.05) is 0 Å². The van der Waals surface area contributed by atoms with Gasteiger partial charge in [-0.15, -0.1) is 0 Å². The number of aryl methyl sites for hydroxylation is 2. The third kappa shape index (κ3) is 1.05. The zero-order chi connectivity index (χ0) is 7.84. The molecule has 0 saturated carbocycles. The number of nitrogens with zero attached hydrogens (tertiary/aromatic N) is 1. The van der Waals surface area contributed by atoms with E-state index in [1.807, 2.05) is 6.92 Å². The van der Waals surface area contributed by atoms with E-state index in [9.17, 15) is 0 Å². The second-order valence-electron chi connectivity index (χ2n) is 3.04. The predicted octanol–water partition coefficient (Wildman–Crippen LogP) is 1.32. The molecule has 60 valence electrons. The first-order chi connectivity index (χ1) is 5.27. The molecule has 0 bridgehead atoms. The van der Waals surface area contributed by atoms with Crippen LogP contribution in [0.1, 0.15) is 36.2 Å². The summed E-state index contributed by atoms with van der Waals surface area (Å²) in [6, 6.07) is 0.108. The molecule has 3 nitrogen and oxygen atoms in total. The monoisotopic (exact) mass is 152 g/mol. The Morgan fingerprint density at radius 2 is 2.45 bits per heavy atom. The number of rotatable bonds is 0. The minimum Gasteiger partial charge on any atom is -0.446 e. The summed E-state index contributed by atoms with van der Waals surface area (Å²) in [5.41, 5.74) is 6.82. The molecule has 1 atom stereocenters. The summed E-state index contributed by atoms with van der Waals surface area (Å²) < 4.78 is 5.39. The van der Waals surface area contributed by atoms with E-state index in [-0.39, 0.29) is 6.04 Å². The summed E-state index contributed by atoms with van der Waals surface area (Å²) in [6.07, 6.45) is 3.17. The van der Waals surface area contributed by atoms with Crippen molar-refractivity contribution < 1.29 is 4.42 Å². The van der Waals surface area contributed by atoms with Crippen LogP contribution in [0.3, 0.4) is 0 Å². The number of hydrogen-bond acceptors (Lipinski definition) is 3. The molecule has 3 heteroatoms. The van der Waals surface area contributed by atoms with E-state index in [0.29, 0.717) is 0 Å². The molecule has 1 aliphatic carbocycles. The first-order valence-corrected chi connectivity index (χ1v) is 3.99. The molecule has 1 aliphatic rings. The number of oxazole rings is 1. The molecule has 1 aromatic heterocycles. The minimum atomic E-state index is 0.108. The van der Waals surface area contributed by atoms with Crippen LogP contribution in [0.15, 0.2) is 4.42 Å². The number of fused-ring (bicyclic) bond motifs is 1. The topological polar surface area (TPSA) is 52.0 Å². The zero-order valence-corrected chi connectivity index (χ0v) is 6.63. The zero-order valence-electron chi connectivity index (χ0n) is 6.63. The van der Waals surface area contributed by atoms with Gasteiger partial charge in [0.2, 0.25) is 0 Å². The molecular formula is C8H12N2O. The quantitative estimate of drug-likeness (QED) is 0.610. The van der Waals surface area contributed by atoms with Gasteiger partial charge in [0.15, 0.2) is 5.89 Å². The Labute approximate surface area is 65.6 Å². The van der Waals surface area contributed by atoms with Crippen molar-refractivity contribution in [3.63, 3.8) is 0 Å². The highest BCUT2D eigenvalue weighted by molar-refractivity contribution is 5.16. The normalized spacial score (nSPS) is 23.3. The smallest absolute Gasteiger partial charge is 0.191 e. The Hall–Kier alpha value is -0.830. The van der Waals surface area contributed by atoms with Crippen molar-refractivity contribution in [1.82, 2.24) is 4.98 Å². The molecule has 2 rings (SSSR count). The van der Waals surface area contributed by atoms with Gasteiger partial charge in [0.05, 0.1) is 11.7 Å². The standard InChI is InChI=1S/C8H12N2O/c1-5-10-8-6(9)3-2-4-7(8)11-5/h6H,2-4,9H2,1H3. The molecule has 0 aliphatic heterocycles. The lowest BCUT2D eigenvalue weighted by atomic mass is 9.98. The molecule has 0 radical (unpaired) electrons. The van der Waals surface area contributed by atoms with Gasteiger partial charge in [-0.3, -0.25) is 0 Å². The SMILES string of the molecule is Cc1nc2c(o1)CCCC2N. The van der Waals surface area contributed by atoms with Crippen molar-refractivity contribution >= 4 is 0 Å². The maximum Gasteiger partial charge on any atom is 0.191 e. The van der Waals surface area contributed by atoms with Gasteiger partial charge < -0.3 is 10.2 Å². The second kappa shape index (κ2) is 2.34. The highest BCUT2D eigenvalue weighted by atomic mass is 16.4. The first kappa shape index (κ1) is 6.85. The summed E-state index contributed by atoms with van der Waals surface area (Å²) in [6.45, 7) is 1.87. The van der Waals surface area contributed by atoms with Crippen LogP contribution in [0, 0.1) is 6.92 Å². The van der Waals surface area contributed by atoms with Gasteiger partial charge in [0, 0.05) is 13.3 Å². The first-order valence-electron chi connectivity index (χ1n) is 3.99. The fourth-order valence-electron chi connectivity index (χ4n) is 1.57. The molecule has 0 spiro atoms. The Bertz CT molecular complexity index is 267. The maximum absolute atomic E-state index is 5.84. The average Bonchev–Trinajstić information content (AvgIpc) is 2.31. The summed E-state index contributed by atoms with van der Waals surface area (Å²) in [7, 11) is 0. The lowest BCUT2D eigenvalue weighted by Gasteiger charge is -2.14. The van der Waals surface area contributed by atoms with E-state index in [1.165, 1.54) is 0 Å². The molecule has 11 heavy (non-hydrogen) atoms. The molecule has 0 saturated heterocycles. The van der Waals surface area contributed by atoms with Crippen LogP contribution in [-0.2, 0) is 6.42 Å². The van der Waals surface area contributed by atoms with Gasteiger partial charge in [0.25, 0.3) is 0 Å². The van der Waals surface area contributed by atoms with Gasteiger partial charge >= 0.3 is 0 Å². The largest absolute Gasteiger partial charge is 0.446 e. The summed E-state index contributed by atoms with van der Waals surface area (Å²) in [5.74, 6) is 1.74. The number of nitrogens with two attached hydrogens (primary N) is 1. The molecule has 0 amide bonds. The Kier molecular flexibility index (Phi) is 1.46. The van der Waals surface area contributed by atoms with E-state index >= 15 is 0 Å². The minimum absolute atomic E-state index is 0.108. The summed E-state index contributed by atoms with van der Waals surface area (Å²) in [5, 5.41) is 0. The van der Waals surface area contributed by atoms with Gasteiger partial charge in [-0.05, 0) is 12.8 Å². The third-order valence-electron chi connectivity index (χ3n) is 2.10. The van der Waals surface area contributed by atoms with Gasteiger partial charge in [-0.25, -0.2) is 4.98 Å². The van der Waals surface area contributed by atoms with Crippen LogP contribution in [-0.4, -0.2) is 4.98 Å². The summed E-state index contributed by atoms with van der Waals surface area (Å²) in [4.78, 5) is 4.24. The molecule has 2 N–H and O–H groups in total. The molecular weight excluding hydrogens is 140 g/mol. The maximum atomic E-state index is 5.84. The average molecular weight is 152 g/mol. The predicted molar refractivity (Wildman–Crippen MR) is 41.1 cm³/mol. The van der Waals surface area contributed by atoms with E-state index in [2.05, 4.69) is 4.98 Å². The fraction of sp³-hybridized carbons (Fsp3) is 0.625. The van der Waals surface area contributed by atoms with Crippen LogP contribution in [0.4, 0.5) is 0 Å². The van der Waals surface area contributed by atoms with Crippen molar-refractivity contribution in [3.8, 4) is 0 Å². The van der Waals surface area contributed by atoms with Gasteiger partial charge in [-0.1, -0.05) is 0 Å². The van der Waals surface area contributed by atoms with Gasteiger partial charge in [0.1, 0.15) is 5.76 Å². The van der Waals surface area contributed by atoms with E-state index in [1.54, 1.807) is 0 Å². The van der Waals surface area contributed by atoms with Crippen LogP contribution in [0.5, 0.6) is 0 Å². The molecule has 1 aromatic rings. The third-order valence-corrected chi connectivity index (χ3v) is 2.10. The Balaban J connectivity index is 2.43. The molecule has 0 fully saturated rings. The van der Waals surface area contributed by atoms with Gasteiger partial charge in [-0.2, -0.15) is 0 Å². The molecule has 1 unspecified atom stereocenters. The van der Waals surface area contributed by atoms with Crippen LogP contribution < -0.4 is 5.73 Å². The second-order valence-corrected chi connectivity index (χ2v) is 3.04. The van der Waals surface area contributed by atoms with Crippen LogP contribution >= 0.6 is 0 Å². The highest BCUT2D eigenvalue weighted by Gasteiger charge is 2.21. The molecule has 1 heterocycles. The van der Waals surface area contributed by atoms with Crippen molar-refractivity contribution in [1.29, 1.82) is 0 Å². The highest BCUT2D eigenvalue weighted by Crippen LogP contribution is 2.27. The molecule has 0 aromatic carbocycles. The summed E-state index contributed by atoms with van der Waals surface area (Å²) >= 11 is 0.